The molecule has 0 aliphatic rings. The van der Waals surface area contributed by atoms with Gasteiger partial charge in [0.05, 0.1) is 7.11 Å². The average Bonchev–Trinajstić information content (AvgIpc) is 3.45. The summed E-state index contributed by atoms with van der Waals surface area (Å²) in [6.45, 7) is -0.559. The van der Waals surface area contributed by atoms with E-state index in [2.05, 4.69) is 0 Å². The summed E-state index contributed by atoms with van der Waals surface area (Å²) in [6.07, 6.45) is 6.58. The van der Waals surface area contributed by atoms with E-state index in [1.165, 1.54) is 31.4 Å². The summed E-state index contributed by atoms with van der Waals surface area (Å²) in [5, 5.41) is 0. The van der Waals surface area contributed by atoms with Gasteiger partial charge in [0.15, 0.2) is 11.5 Å². The molecule has 36 heavy (non-hydrogen) atoms. The summed E-state index contributed by atoms with van der Waals surface area (Å²) in [4.78, 5) is 12.7. The lowest BCUT2D eigenvalue weighted by Crippen LogP contribution is -2.07. The fraction of sp³-hybridized carbons (Fsp3) is 0.0741. The van der Waals surface area contributed by atoms with Crippen molar-refractivity contribution in [3.05, 3.63) is 119 Å². The van der Waals surface area contributed by atoms with Crippen LogP contribution in [-0.4, -0.2) is 17.5 Å². The number of methoxy groups -OCH3 is 1. The lowest BCUT2D eigenvalue weighted by Gasteiger charge is -2.13. The van der Waals surface area contributed by atoms with Gasteiger partial charge in [-0.25, -0.2) is 13.2 Å². The van der Waals surface area contributed by atoms with Crippen molar-refractivity contribution in [1.82, 2.24) is 4.57 Å². The zero-order valence-corrected chi connectivity index (χ0v) is 18.8. The third-order valence-electron chi connectivity index (χ3n) is 5.31. The molecule has 0 atom stereocenters. The molecule has 4 nitrogen and oxygen atoms in total. The first-order valence-corrected chi connectivity index (χ1v) is 10.6. The van der Waals surface area contributed by atoms with E-state index < -0.39 is 41.4 Å². The Morgan fingerprint density at radius 1 is 0.861 bits per heavy atom. The standard InChI is InChI=1S/C27H18F5NO3/c1-35-21-10-8-16(7-9-20(34)17-5-4-6-19(14-17)33-11-2-3-12-33)13-18(21)15-36-27-25(31)23(29)22(28)24(30)26(27)32/h2-14H,15H2,1H3/b9-7+. The van der Waals surface area contributed by atoms with Crippen molar-refractivity contribution in [3.63, 3.8) is 0 Å². The van der Waals surface area contributed by atoms with Crippen LogP contribution in [0.25, 0.3) is 11.8 Å². The molecule has 184 valence electrons. The van der Waals surface area contributed by atoms with Gasteiger partial charge in [-0.05, 0) is 48.0 Å². The van der Waals surface area contributed by atoms with Crippen molar-refractivity contribution in [3.8, 4) is 17.2 Å². The molecule has 1 heterocycles. The molecule has 4 rings (SSSR count). The number of allylic oxidation sites excluding steroid dienone is 1. The largest absolute Gasteiger partial charge is 0.496 e. The maximum atomic E-state index is 13.9. The van der Waals surface area contributed by atoms with Crippen molar-refractivity contribution < 1.29 is 36.2 Å². The SMILES string of the molecule is COc1ccc(/C=C/C(=O)c2cccc(-n3cccc3)c2)cc1COc1c(F)c(F)c(F)c(F)c1F. The maximum Gasteiger partial charge on any atom is 0.207 e. The molecule has 9 heteroatoms. The minimum absolute atomic E-state index is 0.252. The normalized spacial score (nSPS) is 11.2. The molecule has 0 radical (unpaired) electrons. The summed E-state index contributed by atoms with van der Waals surface area (Å²) in [7, 11) is 1.34. The average molecular weight is 499 g/mol. The smallest absolute Gasteiger partial charge is 0.207 e. The summed E-state index contributed by atoms with van der Waals surface area (Å²) < 4.78 is 80.0. The van der Waals surface area contributed by atoms with E-state index in [-0.39, 0.29) is 17.1 Å². The number of nitrogens with zero attached hydrogens (tertiary/aromatic N) is 1. The third-order valence-corrected chi connectivity index (χ3v) is 5.31. The summed E-state index contributed by atoms with van der Waals surface area (Å²) >= 11 is 0. The van der Waals surface area contributed by atoms with Crippen molar-refractivity contribution in [2.45, 2.75) is 6.61 Å². The van der Waals surface area contributed by atoms with E-state index >= 15 is 0 Å². The number of rotatable bonds is 8. The predicted octanol–water partition coefficient (Wildman–Crippen LogP) is 6.66. The Kier molecular flexibility index (Phi) is 7.19. The van der Waals surface area contributed by atoms with Gasteiger partial charge >= 0.3 is 0 Å². The van der Waals surface area contributed by atoms with Gasteiger partial charge in [-0.15, -0.1) is 0 Å². The van der Waals surface area contributed by atoms with Crippen molar-refractivity contribution in [1.29, 1.82) is 0 Å². The Labute approximate surface area is 202 Å². The van der Waals surface area contributed by atoms with E-state index in [0.717, 1.165) is 5.69 Å². The van der Waals surface area contributed by atoms with Crippen molar-refractivity contribution in [2.24, 2.45) is 0 Å². The number of halogens is 5. The van der Waals surface area contributed by atoms with Gasteiger partial charge in [-0.3, -0.25) is 4.79 Å². The number of ether oxygens (including phenoxy) is 2. The van der Waals surface area contributed by atoms with Crippen molar-refractivity contribution >= 4 is 11.9 Å². The van der Waals surface area contributed by atoms with Gasteiger partial charge in [0.1, 0.15) is 12.4 Å². The number of benzene rings is 3. The fourth-order valence-corrected chi connectivity index (χ4v) is 3.47. The molecule has 0 saturated carbocycles. The van der Waals surface area contributed by atoms with Gasteiger partial charge < -0.3 is 14.0 Å². The first kappa shape index (κ1) is 24.7. The highest BCUT2D eigenvalue weighted by molar-refractivity contribution is 6.07. The van der Waals surface area contributed by atoms with Gasteiger partial charge in [0.25, 0.3) is 0 Å². The Morgan fingerprint density at radius 2 is 1.53 bits per heavy atom. The molecule has 3 aromatic carbocycles. The first-order chi connectivity index (χ1) is 17.3. The Morgan fingerprint density at radius 3 is 2.19 bits per heavy atom. The maximum absolute atomic E-state index is 13.9. The highest BCUT2D eigenvalue weighted by atomic mass is 19.2. The quantitative estimate of drug-likeness (QED) is 0.0896. The van der Waals surface area contributed by atoms with Crippen LogP contribution in [0.15, 0.2) is 73.1 Å². The molecule has 1 aromatic heterocycles. The van der Waals surface area contributed by atoms with E-state index in [4.69, 9.17) is 9.47 Å². The van der Waals surface area contributed by atoms with Crippen LogP contribution >= 0.6 is 0 Å². The second-order valence-electron chi connectivity index (χ2n) is 7.60. The molecule has 0 saturated heterocycles. The van der Waals surface area contributed by atoms with Crippen LogP contribution in [-0.2, 0) is 6.61 Å². The molecule has 0 aliphatic carbocycles. The zero-order valence-electron chi connectivity index (χ0n) is 18.8. The highest BCUT2D eigenvalue weighted by Crippen LogP contribution is 2.31. The van der Waals surface area contributed by atoms with Crippen LogP contribution in [0, 0.1) is 29.1 Å². The number of aromatic nitrogens is 1. The molecule has 4 aromatic rings. The van der Waals surface area contributed by atoms with Crippen LogP contribution in [0.4, 0.5) is 22.0 Å². The molecule has 0 N–H and O–H groups in total. The van der Waals surface area contributed by atoms with Gasteiger partial charge in [0, 0.05) is 29.2 Å². The minimum atomic E-state index is -2.27. The molecule has 0 aliphatic heterocycles. The van der Waals surface area contributed by atoms with E-state index in [0.29, 0.717) is 11.1 Å². The van der Waals surface area contributed by atoms with Crippen LogP contribution in [0.2, 0.25) is 0 Å². The van der Waals surface area contributed by atoms with Crippen molar-refractivity contribution in [2.75, 3.05) is 7.11 Å². The van der Waals surface area contributed by atoms with Gasteiger partial charge in [0.2, 0.25) is 29.1 Å². The molecule has 0 amide bonds. The van der Waals surface area contributed by atoms with Crippen LogP contribution in [0.1, 0.15) is 21.5 Å². The summed E-state index contributed by atoms with van der Waals surface area (Å²) in [5.41, 5.74) is 2.05. The summed E-state index contributed by atoms with van der Waals surface area (Å²) in [5.74, 6) is -12.0. The van der Waals surface area contributed by atoms with Gasteiger partial charge in [-0.2, -0.15) is 8.78 Å². The first-order valence-electron chi connectivity index (χ1n) is 10.6. The highest BCUT2D eigenvalue weighted by Gasteiger charge is 2.27. The second-order valence-corrected chi connectivity index (χ2v) is 7.60. The molecular formula is C27H18F5NO3. The molecule has 0 spiro atoms. The number of hydrogen-bond donors (Lipinski definition) is 0. The minimum Gasteiger partial charge on any atom is -0.496 e. The lowest BCUT2D eigenvalue weighted by atomic mass is 10.1. The molecule has 0 unspecified atom stereocenters. The van der Waals surface area contributed by atoms with E-state index in [9.17, 15) is 26.7 Å². The fourth-order valence-electron chi connectivity index (χ4n) is 3.47. The summed E-state index contributed by atoms with van der Waals surface area (Å²) in [6, 6.07) is 15.4. The Balaban J connectivity index is 1.54. The predicted molar refractivity (Wildman–Crippen MR) is 123 cm³/mol. The Bertz CT molecular complexity index is 1420. The van der Waals surface area contributed by atoms with Crippen LogP contribution in [0.3, 0.4) is 0 Å². The monoisotopic (exact) mass is 499 g/mol. The third kappa shape index (κ3) is 5.00. The zero-order chi connectivity index (χ0) is 25.8. The number of ketones is 1. The number of hydrogen-bond acceptors (Lipinski definition) is 3. The Hall–Kier alpha value is -4.40. The van der Waals surface area contributed by atoms with E-state index in [1.807, 2.05) is 35.2 Å². The molecular weight excluding hydrogens is 481 g/mol. The van der Waals surface area contributed by atoms with Crippen LogP contribution in [0.5, 0.6) is 11.5 Å². The van der Waals surface area contributed by atoms with Crippen LogP contribution < -0.4 is 9.47 Å². The lowest BCUT2D eigenvalue weighted by molar-refractivity contribution is 0.104. The second kappa shape index (κ2) is 10.5. The molecule has 0 bridgehead atoms. The molecule has 0 fully saturated rings. The van der Waals surface area contributed by atoms with Gasteiger partial charge in [-0.1, -0.05) is 24.3 Å². The topological polar surface area (TPSA) is 40.5 Å². The number of carbonyl (C=O) groups excluding carboxylic acids is 1. The number of carbonyl (C=O) groups is 1. The van der Waals surface area contributed by atoms with E-state index in [1.54, 1.807) is 24.3 Å².